The summed E-state index contributed by atoms with van der Waals surface area (Å²) in [7, 11) is 0. The molecule has 3 rings (SSSR count). The molecule has 0 bridgehead atoms. The number of phenols is 1. The average molecular weight is 402 g/mol. The van der Waals surface area contributed by atoms with E-state index in [-0.39, 0.29) is 56.3 Å². The van der Waals surface area contributed by atoms with Gasteiger partial charge in [0, 0.05) is 25.8 Å². The van der Waals surface area contributed by atoms with Crippen LogP contribution in [0.25, 0.3) is 0 Å². The van der Waals surface area contributed by atoms with Gasteiger partial charge in [0.15, 0.2) is 6.29 Å². The topological polar surface area (TPSA) is 109 Å². The fourth-order valence-electron chi connectivity index (χ4n) is 3.12. The molecule has 0 aliphatic carbocycles. The first kappa shape index (κ1) is 22.3. The largest absolute Gasteiger partial charge is 0.507 e. The Morgan fingerprint density at radius 1 is 1.34 bits per heavy atom. The Morgan fingerprint density at radius 2 is 2.17 bits per heavy atom. The minimum Gasteiger partial charge on any atom is -0.507 e. The number of amides is 1. The summed E-state index contributed by atoms with van der Waals surface area (Å²) in [5, 5.41) is 19.0. The summed E-state index contributed by atoms with van der Waals surface area (Å²) in [4.78, 5) is 30.1. The Morgan fingerprint density at radius 3 is 2.93 bits per heavy atom. The standard InChI is InChI=1S/C20H22N2O6.CH4/c23-9-6-17-15(3-2-7-21-17)20(26)22-8-10-27-12-14(22)13-28-19-5-1-4-18(25)16(19)11-24;/h1-5,7,11,14,23,25H,6,8-10,12-13H2;1H4/t14-;/m0./s1. The molecule has 0 saturated carbocycles. The van der Waals surface area contributed by atoms with Crippen LogP contribution in [0.1, 0.15) is 33.8 Å². The van der Waals surface area contributed by atoms with Gasteiger partial charge >= 0.3 is 0 Å². The number of hydrogen-bond donors (Lipinski definition) is 2. The van der Waals surface area contributed by atoms with Gasteiger partial charge in [-0.2, -0.15) is 0 Å². The zero-order valence-electron chi connectivity index (χ0n) is 15.3. The number of carbonyl (C=O) groups excluding carboxylic acids is 2. The molecule has 0 radical (unpaired) electrons. The number of carbonyl (C=O) groups is 2. The van der Waals surface area contributed by atoms with Crippen LogP contribution >= 0.6 is 0 Å². The molecule has 1 aliphatic rings. The van der Waals surface area contributed by atoms with E-state index in [1.807, 2.05) is 0 Å². The molecule has 1 aliphatic heterocycles. The number of ether oxygens (including phenoxy) is 2. The third-order valence-electron chi connectivity index (χ3n) is 4.55. The van der Waals surface area contributed by atoms with Crippen LogP contribution < -0.4 is 4.74 Å². The lowest BCUT2D eigenvalue weighted by atomic mass is 10.1. The van der Waals surface area contributed by atoms with Gasteiger partial charge in [0.05, 0.1) is 36.1 Å². The van der Waals surface area contributed by atoms with Gasteiger partial charge in [-0.1, -0.05) is 13.5 Å². The average Bonchev–Trinajstić information content (AvgIpc) is 2.72. The maximum atomic E-state index is 13.1. The minimum absolute atomic E-state index is 0. The van der Waals surface area contributed by atoms with E-state index >= 15 is 0 Å². The molecular weight excluding hydrogens is 376 g/mol. The molecule has 1 saturated heterocycles. The molecule has 1 amide bonds. The number of morpholine rings is 1. The van der Waals surface area contributed by atoms with Crippen molar-refractivity contribution in [3.8, 4) is 11.5 Å². The van der Waals surface area contributed by atoms with E-state index in [0.717, 1.165) is 0 Å². The quantitative estimate of drug-likeness (QED) is 0.678. The SMILES string of the molecule is C.O=Cc1c(O)cccc1OC[C@@H]1COCCN1C(=O)c1cccnc1CCO. The van der Waals surface area contributed by atoms with Crippen LogP contribution in [0.15, 0.2) is 36.5 Å². The molecule has 8 heteroatoms. The monoisotopic (exact) mass is 402 g/mol. The molecular formula is C21H26N2O6. The Labute approximate surface area is 169 Å². The fraction of sp³-hybridized carbons (Fsp3) is 0.381. The summed E-state index contributed by atoms with van der Waals surface area (Å²) in [6.45, 7) is 1.09. The Kier molecular flexibility index (Phi) is 8.11. The Balaban J connectivity index is 0.00000300. The second-order valence-electron chi connectivity index (χ2n) is 6.32. The summed E-state index contributed by atoms with van der Waals surface area (Å²) in [6, 6.07) is 7.57. The van der Waals surface area contributed by atoms with Gasteiger partial charge in [-0.25, -0.2) is 0 Å². The van der Waals surface area contributed by atoms with Crippen LogP contribution in [0, 0.1) is 0 Å². The van der Waals surface area contributed by atoms with Gasteiger partial charge in [0.2, 0.25) is 0 Å². The molecule has 1 fully saturated rings. The molecule has 0 unspecified atom stereocenters. The zero-order valence-corrected chi connectivity index (χ0v) is 15.3. The van der Waals surface area contributed by atoms with Crippen molar-refractivity contribution in [1.29, 1.82) is 0 Å². The highest BCUT2D eigenvalue weighted by atomic mass is 16.5. The van der Waals surface area contributed by atoms with Crippen LogP contribution in [-0.4, -0.2) is 71.3 Å². The number of aliphatic hydroxyl groups excluding tert-OH is 1. The number of phenolic OH excluding ortho intramolecular Hbond substituents is 1. The van der Waals surface area contributed by atoms with Crippen molar-refractivity contribution in [1.82, 2.24) is 9.88 Å². The van der Waals surface area contributed by atoms with Gasteiger partial charge in [-0.15, -0.1) is 0 Å². The summed E-state index contributed by atoms with van der Waals surface area (Å²) in [6.07, 6.45) is 2.41. The summed E-state index contributed by atoms with van der Waals surface area (Å²) in [5.41, 5.74) is 1.04. The molecule has 1 atom stereocenters. The first-order valence-corrected chi connectivity index (χ1v) is 8.99. The van der Waals surface area contributed by atoms with Crippen LogP contribution in [0.4, 0.5) is 0 Å². The number of aliphatic hydroxyl groups is 1. The third-order valence-corrected chi connectivity index (χ3v) is 4.55. The smallest absolute Gasteiger partial charge is 0.256 e. The van der Waals surface area contributed by atoms with E-state index in [4.69, 9.17) is 9.47 Å². The normalized spacial score (nSPS) is 16.0. The van der Waals surface area contributed by atoms with E-state index < -0.39 is 0 Å². The lowest BCUT2D eigenvalue weighted by Crippen LogP contribution is -2.51. The molecule has 2 N–H and O–H groups in total. The van der Waals surface area contributed by atoms with Crippen molar-refractivity contribution in [2.45, 2.75) is 19.9 Å². The number of aromatic nitrogens is 1. The van der Waals surface area contributed by atoms with Crippen molar-refractivity contribution in [2.75, 3.05) is 33.0 Å². The second-order valence-corrected chi connectivity index (χ2v) is 6.32. The number of benzene rings is 1. The Hall–Kier alpha value is -2.97. The molecule has 156 valence electrons. The van der Waals surface area contributed by atoms with E-state index in [0.29, 0.717) is 37.1 Å². The second kappa shape index (κ2) is 10.5. The fourth-order valence-corrected chi connectivity index (χ4v) is 3.12. The minimum atomic E-state index is -0.370. The maximum absolute atomic E-state index is 13.1. The molecule has 29 heavy (non-hydrogen) atoms. The predicted octanol–water partition coefficient (Wildman–Crippen LogP) is 1.69. The number of nitrogens with zero attached hydrogens (tertiary/aromatic N) is 2. The van der Waals surface area contributed by atoms with Gasteiger partial charge in [-0.05, 0) is 24.3 Å². The van der Waals surface area contributed by atoms with Gasteiger partial charge in [0.1, 0.15) is 18.1 Å². The predicted molar refractivity (Wildman–Crippen MR) is 106 cm³/mol. The van der Waals surface area contributed by atoms with Crippen LogP contribution in [-0.2, 0) is 11.2 Å². The van der Waals surface area contributed by atoms with Gasteiger partial charge in [0.25, 0.3) is 5.91 Å². The Bertz CT molecular complexity index is 842. The molecule has 8 nitrogen and oxygen atoms in total. The van der Waals surface area contributed by atoms with Crippen LogP contribution in [0.3, 0.4) is 0 Å². The first-order chi connectivity index (χ1) is 13.7. The number of aromatic hydroxyl groups is 1. The third kappa shape index (κ3) is 5.10. The molecule has 1 aromatic carbocycles. The van der Waals surface area contributed by atoms with E-state index in [9.17, 15) is 19.8 Å². The number of pyridine rings is 1. The van der Waals surface area contributed by atoms with Crippen LogP contribution in [0.2, 0.25) is 0 Å². The summed E-state index contributed by atoms with van der Waals surface area (Å²) < 4.78 is 11.2. The van der Waals surface area contributed by atoms with E-state index in [2.05, 4.69) is 4.98 Å². The van der Waals surface area contributed by atoms with Crippen molar-refractivity contribution >= 4 is 12.2 Å². The van der Waals surface area contributed by atoms with E-state index in [1.54, 1.807) is 35.4 Å². The molecule has 2 aromatic rings. The van der Waals surface area contributed by atoms with Gasteiger partial charge in [-0.3, -0.25) is 14.6 Å². The van der Waals surface area contributed by atoms with Crippen molar-refractivity contribution in [3.05, 3.63) is 53.3 Å². The van der Waals surface area contributed by atoms with E-state index in [1.165, 1.54) is 6.07 Å². The van der Waals surface area contributed by atoms with Crippen molar-refractivity contribution in [2.24, 2.45) is 0 Å². The highest BCUT2D eigenvalue weighted by Crippen LogP contribution is 2.26. The number of aldehydes is 1. The van der Waals surface area contributed by atoms with Crippen molar-refractivity contribution in [3.63, 3.8) is 0 Å². The summed E-state index contributed by atoms with van der Waals surface area (Å²) >= 11 is 0. The zero-order chi connectivity index (χ0) is 19.9. The first-order valence-electron chi connectivity index (χ1n) is 8.99. The maximum Gasteiger partial charge on any atom is 0.256 e. The lowest BCUT2D eigenvalue weighted by Gasteiger charge is -2.35. The summed E-state index contributed by atoms with van der Waals surface area (Å²) in [5.74, 6) is -0.125. The molecule has 2 heterocycles. The molecule has 1 aromatic heterocycles. The molecule has 0 spiro atoms. The van der Waals surface area contributed by atoms with Crippen molar-refractivity contribution < 1.29 is 29.3 Å². The highest BCUT2D eigenvalue weighted by Gasteiger charge is 2.30. The number of hydrogen-bond acceptors (Lipinski definition) is 7. The number of rotatable bonds is 7. The lowest BCUT2D eigenvalue weighted by molar-refractivity contribution is -0.0152. The highest BCUT2D eigenvalue weighted by molar-refractivity contribution is 5.95. The van der Waals surface area contributed by atoms with Crippen LogP contribution in [0.5, 0.6) is 11.5 Å². The van der Waals surface area contributed by atoms with Gasteiger partial charge < -0.3 is 24.6 Å².